The molecule has 2 saturated heterocycles. The van der Waals surface area contributed by atoms with Crippen molar-refractivity contribution in [3.05, 3.63) is 35.4 Å². The maximum absolute atomic E-state index is 11.9. The number of hydrogen-bond donors (Lipinski definition) is 7. The molecule has 10 heteroatoms. The fourth-order valence-corrected chi connectivity index (χ4v) is 10.6. The molecule has 0 unspecified atom stereocenters. The average molecular weight is 709 g/mol. The topological polar surface area (TPSA) is 155 Å². The minimum Gasteiger partial charge on any atom is -0.481 e. The van der Waals surface area contributed by atoms with Crippen molar-refractivity contribution in [3.63, 3.8) is 0 Å². The summed E-state index contributed by atoms with van der Waals surface area (Å²) in [5.74, 6) is -0.412. The van der Waals surface area contributed by atoms with E-state index in [1.165, 1.54) is 30.4 Å². The van der Waals surface area contributed by atoms with Crippen LogP contribution in [0.15, 0.2) is 29.3 Å². The molecule has 1 aromatic carbocycles. The molecule has 4 bridgehead atoms. The second-order valence-electron chi connectivity index (χ2n) is 17.7. The van der Waals surface area contributed by atoms with E-state index in [0.29, 0.717) is 18.4 Å². The normalized spacial score (nSPS) is 38.6. The number of β-amino-alcohol motifs (C(OH)–C–C–N with tert-alkyl or cyclic N) is 1. The molecular weight excluding hydrogens is 640 g/mol. The molecule has 9 atom stereocenters. The molecule has 1 aromatic rings. The Balaban J connectivity index is 1.27. The molecule has 5 aliphatic rings. The third-order valence-corrected chi connectivity index (χ3v) is 13.6. The number of benzene rings is 1. The first-order chi connectivity index (χ1) is 24.5. The van der Waals surface area contributed by atoms with E-state index in [9.17, 15) is 20.1 Å². The van der Waals surface area contributed by atoms with Crippen molar-refractivity contribution in [1.29, 1.82) is 0 Å². The number of aliphatic imine (C=N–C) groups is 1. The van der Waals surface area contributed by atoms with E-state index in [-0.39, 0.29) is 54.3 Å². The van der Waals surface area contributed by atoms with Crippen LogP contribution in [-0.4, -0.2) is 99.7 Å². The maximum Gasteiger partial charge on any atom is 0.306 e. The van der Waals surface area contributed by atoms with Crippen molar-refractivity contribution < 1.29 is 20.1 Å². The number of carboxylic acid groups (broad SMARTS) is 1. The molecule has 1 spiro atoms. The number of carboxylic acids is 1. The van der Waals surface area contributed by atoms with Crippen LogP contribution in [0.2, 0.25) is 0 Å². The highest BCUT2D eigenvalue weighted by Crippen LogP contribution is 2.46. The number of carbonyl (C=O) groups is 1. The van der Waals surface area contributed by atoms with Crippen LogP contribution in [0.25, 0.3) is 0 Å². The van der Waals surface area contributed by atoms with Crippen LogP contribution in [0, 0.1) is 5.92 Å². The lowest BCUT2D eigenvalue weighted by atomic mass is 9.61. The molecule has 3 fully saturated rings. The molecule has 1 saturated carbocycles. The van der Waals surface area contributed by atoms with E-state index in [2.05, 4.69) is 64.0 Å². The summed E-state index contributed by atoms with van der Waals surface area (Å²) in [5, 5.41) is 43.6. The van der Waals surface area contributed by atoms with E-state index in [1.807, 2.05) is 6.21 Å². The minimum atomic E-state index is -1.29. The highest BCUT2D eigenvalue weighted by Gasteiger charge is 2.48. The maximum atomic E-state index is 11.9. The molecule has 0 aromatic heterocycles. The van der Waals surface area contributed by atoms with Crippen LogP contribution in [-0.2, 0) is 16.6 Å². The molecular formula is C41H68N6O4. The molecule has 286 valence electrons. The van der Waals surface area contributed by atoms with Gasteiger partial charge in [0.1, 0.15) is 0 Å². The van der Waals surface area contributed by atoms with Crippen LogP contribution < -0.4 is 21.7 Å². The summed E-state index contributed by atoms with van der Waals surface area (Å²) in [6.45, 7) is 6.18. The Hall–Kier alpha value is -1.92. The lowest BCUT2D eigenvalue weighted by Crippen LogP contribution is -2.67. The van der Waals surface area contributed by atoms with Gasteiger partial charge in [-0.1, -0.05) is 75.6 Å². The molecule has 4 aliphatic heterocycles. The van der Waals surface area contributed by atoms with E-state index in [4.69, 9.17) is 5.73 Å². The number of nitrogens with zero attached hydrogens (tertiary/aromatic N) is 2. The first-order valence-electron chi connectivity index (χ1n) is 20.4. The Kier molecular flexibility index (Phi) is 13.0. The van der Waals surface area contributed by atoms with Crippen molar-refractivity contribution in [2.45, 2.75) is 182 Å². The van der Waals surface area contributed by atoms with Gasteiger partial charge in [0.15, 0.2) is 0 Å². The Labute approximate surface area is 306 Å². The number of aliphatic hydroxyl groups excluding tert-OH is 1. The number of rotatable bonds is 6. The zero-order valence-corrected chi connectivity index (χ0v) is 31.5. The number of fused-ring (bicyclic) bond motifs is 6. The van der Waals surface area contributed by atoms with Gasteiger partial charge < -0.3 is 31.7 Å². The molecule has 0 radical (unpaired) electrons. The Morgan fingerprint density at radius 2 is 1.80 bits per heavy atom. The van der Waals surface area contributed by atoms with Crippen LogP contribution >= 0.6 is 0 Å². The van der Waals surface area contributed by atoms with Crippen LogP contribution in [0.5, 0.6) is 0 Å². The summed E-state index contributed by atoms with van der Waals surface area (Å²) in [6, 6.07) is 10.4. The molecule has 8 N–H and O–H groups in total. The molecule has 10 nitrogen and oxygen atoms in total. The van der Waals surface area contributed by atoms with E-state index in [1.54, 1.807) is 0 Å². The second-order valence-corrected chi connectivity index (χ2v) is 17.7. The Morgan fingerprint density at radius 1 is 1.04 bits per heavy atom. The van der Waals surface area contributed by atoms with Gasteiger partial charge in [-0.15, -0.1) is 0 Å². The number of aliphatic hydroxyl groups is 2. The van der Waals surface area contributed by atoms with Crippen molar-refractivity contribution in [2.75, 3.05) is 19.8 Å². The molecule has 6 rings (SSSR count). The zero-order chi connectivity index (χ0) is 36.1. The predicted octanol–water partition coefficient (Wildman–Crippen LogP) is 4.60. The second kappa shape index (κ2) is 17.0. The van der Waals surface area contributed by atoms with Crippen LogP contribution in [0.3, 0.4) is 0 Å². The Morgan fingerprint density at radius 3 is 2.57 bits per heavy atom. The molecule has 0 amide bonds. The monoisotopic (exact) mass is 709 g/mol. The number of nitrogens with one attached hydrogen (secondary N) is 3. The standard InChI is InChI=1S/C41H68N6O4/c1-29-35(48)23-34(47-20-19-43-28-47)33(45-29)15-14-30-11-6-3-4-7-16-40(51,26-38(49)50)27-44-39(2)24-36(46-37(42)25-39)41(17-8-5-9-18-41)32-13-10-12-31(21-30)22-32/h10,12-13,19,22,29-30,33-37,44-46,48,51H,3-9,11,14-18,20-21,23-28,42H2,1-2H3,(H,49,50)/t29-,30+,33+,34+,35+,36+,37-,39+,40+/m0/s1. The summed E-state index contributed by atoms with van der Waals surface area (Å²) >= 11 is 0. The third kappa shape index (κ3) is 9.80. The van der Waals surface area contributed by atoms with Gasteiger partial charge in [-0.3, -0.25) is 20.0 Å². The minimum absolute atomic E-state index is 0.0262. The third-order valence-electron chi connectivity index (χ3n) is 13.6. The summed E-state index contributed by atoms with van der Waals surface area (Å²) in [5.41, 5.74) is 8.02. The van der Waals surface area contributed by atoms with Gasteiger partial charge in [0.25, 0.3) is 0 Å². The zero-order valence-electron chi connectivity index (χ0n) is 31.5. The fraction of sp³-hybridized carbons (Fsp3) is 0.805. The summed E-state index contributed by atoms with van der Waals surface area (Å²) in [4.78, 5) is 18.8. The van der Waals surface area contributed by atoms with Gasteiger partial charge >= 0.3 is 5.97 Å². The van der Waals surface area contributed by atoms with Gasteiger partial charge in [-0.25, -0.2) is 0 Å². The van der Waals surface area contributed by atoms with E-state index < -0.39 is 11.6 Å². The van der Waals surface area contributed by atoms with Crippen LogP contribution in [0.1, 0.15) is 134 Å². The first kappa shape index (κ1) is 38.8. The SMILES string of the molecule is C[C@@H]1N[C@H](CC[C@H]2CCCCCC[C@@](O)(CC(=O)O)CN[C@@]3(C)C[C@@H](N)N[C@H](C3)C3(CCCCC3)c3cccc(c3)C2)[C@H](N2CC=NC2)C[C@H]1O. The number of hydrogen-bond acceptors (Lipinski definition) is 9. The lowest BCUT2D eigenvalue weighted by Gasteiger charge is -2.53. The van der Waals surface area contributed by atoms with Gasteiger partial charge in [0, 0.05) is 54.4 Å². The van der Waals surface area contributed by atoms with Crippen molar-refractivity contribution in [2.24, 2.45) is 16.6 Å². The molecule has 51 heavy (non-hydrogen) atoms. The van der Waals surface area contributed by atoms with Crippen molar-refractivity contribution in [1.82, 2.24) is 20.9 Å². The van der Waals surface area contributed by atoms with Crippen molar-refractivity contribution >= 4 is 12.2 Å². The number of piperidine rings is 2. The highest BCUT2D eigenvalue weighted by molar-refractivity contribution is 5.68. The quantitative estimate of drug-likeness (QED) is 0.225. The van der Waals surface area contributed by atoms with E-state index >= 15 is 0 Å². The first-order valence-corrected chi connectivity index (χ1v) is 20.4. The fourth-order valence-electron chi connectivity index (χ4n) is 10.6. The van der Waals surface area contributed by atoms with E-state index in [0.717, 1.165) is 96.7 Å². The highest BCUT2D eigenvalue weighted by atomic mass is 16.4. The summed E-state index contributed by atoms with van der Waals surface area (Å²) < 4.78 is 0. The van der Waals surface area contributed by atoms with Crippen molar-refractivity contribution in [3.8, 4) is 0 Å². The van der Waals surface area contributed by atoms with Gasteiger partial charge in [0.05, 0.1) is 31.0 Å². The average Bonchev–Trinajstić information content (AvgIpc) is 3.64. The van der Waals surface area contributed by atoms with Crippen LogP contribution in [0.4, 0.5) is 0 Å². The number of nitrogens with two attached hydrogens (primary N) is 1. The van der Waals surface area contributed by atoms with Gasteiger partial charge in [-0.2, -0.15) is 0 Å². The lowest BCUT2D eigenvalue weighted by molar-refractivity contribution is -0.143. The smallest absolute Gasteiger partial charge is 0.306 e. The van der Waals surface area contributed by atoms with Gasteiger partial charge in [-0.05, 0) is 88.7 Å². The number of aliphatic carboxylic acids is 1. The molecule has 1 aliphatic carbocycles. The Bertz CT molecular complexity index is 1310. The summed E-state index contributed by atoms with van der Waals surface area (Å²) in [6.07, 6.45) is 18.4. The summed E-state index contributed by atoms with van der Waals surface area (Å²) in [7, 11) is 0. The predicted molar refractivity (Wildman–Crippen MR) is 204 cm³/mol. The van der Waals surface area contributed by atoms with Gasteiger partial charge in [0.2, 0.25) is 0 Å². The largest absolute Gasteiger partial charge is 0.481 e. The molecule has 4 heterocycles.